The molecule has 0 aliphatic carbocycles. The maximum absolute atomic E-state index is 9.77. The van der Waals surface area contributed by atoms with E-state index in [9.17, 15) is 10.2 Å². The Morgan fingerprint density at radius 3 is 2.60 bits per heavy atom. The molecule has 0 amide bonds. The average molecular weight is 237 g/mol. The van der Waals surface area contributed by atoms with Crippen molar-refractivity contribution in [2.24, 2.45) is 0 Å². The van der Waals surface area contributed by atoms with Gasteiger partial charge in [0, 0.05) is 0 Å². The maximum Gasteiger partial charge on any atom is 0.135 e. The van der Waals surface area contributed by atoms with Crippen molar-refractivity contribution >= 4 is 11.8 Å². The normalized spacial score (nSPS) is 50.4. The quantitative estimate of drug-likeness (QED) is 0.444. The van der Waals surface area contributed by atoms with Gasteiger partial charge in [0.15, 0.2) is 0 Å². The average Bonchev–Trinajstić information content (AvgIpc) is 2.66. The van der Waals surface area contributed by atoms with Gasteiger partial charge in [0.25, 0.3) is 0 Å². The van der Waals surface area contributed by atoms with Gasteiger partial charge in [-0.2, -0.15) is 5.48 Å². The number of hydroxylamine groups is 1. The summed E-state index contributed by atoms with van der Waals surface area (Å²) in [5.74, 6) is 0. The number of rotatable bonds is 2. The molecule has 0 saturated carbocycles. The molecule has 2 aliphatic rings. The Morgan fingerprint density at radius 2 is 2.00 bits per heavy atom. The van der Waals surface area contributed by atoms with E-state index < -0.39 is 29.9 Å². The number of hydrogen-bond donors (Lipinski definition) is 4. The molecule has 0 bridgehead atoms. The Hall–Kier alpha value is 0.110. The maximum atomic E-state index is 9.77. The van der Waals surface area contributed by atoms with Gasteiger partial charge in [0.1, 0.15) is 29.9 Å². The van der Waals surface area contributed by atoms with Crippen LogP contribution in [0.15, 0.2) is 0 Å². The third kappa shape index (κ3) is 1.89. The van der Waals surface area contributed by atoms with Crippen molar-refractivity contribution in [3.63, 3.8) is 0 Å². The summed E-state index contributed by atoms with van der Waals surface area (Å²) in [4.78, 5) is 5.08. The minimum atomic E-state index is -0.995. The van der Waals surface area contributed by atoms with Gasteiger partial charge in [-0.05, 0) is 6.26 Å². The Labute approximate surface area is 91.5 Å². The number of aliphatic hydroxyl groups is 3. The highest BCUT2D eigenvalue weighted by Crippen LogP contribution is 2.32. The van der Waals surface area contributed by atoms with Crippen LogP contribution in [0.3, 0.4) is 0 Å². The smallest absolute Gasteiger partial charge is 0.135 e. The fourth-order valence-electron chi connectivity index (χ4n) is 1.89. The predicted molar refractivity (Wildman–Crippen MR) is 53.1 cm³/mol. The first-order valence-corrected chi connectivity index (χ1v) is 6.04. The molecule has 0 aromatic carbocycles. The minimum Gasteiger partial charge on any atom is -0.395 e. The van der Waals surface area contributed by atoms with E-state index in [1.165, 1.54) is 11.8 Å². The summed E-state index contributed by atoms with van der Waals surface area (Å²) in [6.45, 7) is -0.134. The van der Waals surface area contributed by atoms with Crippen LogP contribution in [-0.2, 0) is 9.57 Å². The largest absolute Gasteiger partial charge is 0.395 e. The lowest BCUT2D eigenvalue weighted by Gasteiger charge is -2.38. The van der Waals surface area contributed by atoms with Gasteiger partial charge < -0.3 is 20.1 Å². The van der Waals surface area contributed by atoms with Crippen molar-refractivity contribution in [2.75, 3.05) is 12.9 Å². The molecule has 6 atom stereocenters. The molecule has 2 fully saturated rings. The van der Waals surface area contributed by atoms with E-state index >= 15 is 0 Å². The summed E-state index contributed by atoms with van der Waals surface area (Å²) in [6, 6.07) is -0.355. The Bertz CT molecular complexity index is 231. The SMILES string of the molecule is CSC1O[C@@H]2[C@@H](CO)NO[C@H]2C(O)[C@H]1O. The first-order valence-electron chi connectivity index (χ1n) is 4.75. The van der Waals surface area contributed by atoms with Crippen molar-refractivity contribution in [1.82, 2.24) is 5.48 Å². The summed E-state index contributed by atoms with van der Waals surface area (Å²) in [5, 5.41) is 28.5. The number of hydrogen-bond acceptors (Lipinski definition) is 7. The van der Waals surface area contributed by atoms with Crippen LogP contribution in [0.4, 0.5) is 0 Å². The third-order valence-corrected chi connectivity index (χ3v) is 3.62. The molecule has 0 aromatic rings. The van der Waals surface area contributed by atoms with Gasteiger partial charge in [0.05, 0.1) is 12.6 Å². The lowest BCUT2D eigenvalue weighted by molar-refractivity contribution is -0.190. The Balaban J connectivity index is 2.11. The summed E-state index contributed by atoms with van der Waals surface area (Å²) in [7, 11) is 0. The highest BCUT2D eigenvalue weighted by Gasteiger charge is 2.51. The fourth-order valence-corrected chi connectivity index (χ4v) is 2.57. The van der Waals surface area contributed by atoms with Crippen LogP contribution < -0.4 is 5.48 Å². The molecule has 2 aliphatic heterocycles. The highest BCUT2D eigenvalue weighted by atomic mass is 32.2. The molecule has 2 heterocycles. The van der Waals surface area contributed by atoms with Crippen LogP contribution in [0.2, 0.25) is 0 Å². The van der Waals surface area contributed by atoms with Gasteiger partial charge in [-0.1, -0.05) is 0 Å². The van der Waals surface area contributed by atoms with Crippen LogP contribution in [0.5, 0.6) is 0 Å². The summed E-state index contributed by atoms with van der Waals surface area (Å²) < 4.78 is 5.55. The van der Waals surface area contributed by atoms with E-state index in [-0.39, 0.29) is 12.6 Å². The number of thioether (sulfide) groups is 1. The monoisotopic (exact) mass is 237 g/mol. The summed E-state index contributed by atoms with van der Waals surface area (Å²) in [5.41, 5.74) is 2.10. The Morgan fingerprint density at radius 1 is 1.27 bits per heavy atom. The zero-order chi connectivity index (χ0) is 11.0. The molecule has 7 heteroatoms. The standard InChI is InChI=1S/C8H15NO5S/c1-15-8-5(12)4(11)7-6(13-8)3(2-10)9-14-7/h3-12H,2H2,1H3/t3-,4?,5-,6-,7+,8?/m1/s1. The van der Waals surface area contributed by atoms with Gasteiger partial charge >= 0.3 is 0 Å². The molecule has 2 saturated heterocycles. The van der Waals surface area contributed by atoms with Crippen molar-refractivity contribution in [1.29, 1.82) is 0 Å². The van der Waals surface area contributed by atoms with Crippen molar-refractivity contribution in [3.05, 3.63) is 0 Å². The van der Waals surface area contributed by atoms with Gasteiger partial charge in [-0.15, -0.1) is 11.8 Å². The molecular weight excluding hydrogens is 222 g/mol. The fraction of sp³-hybridized carbons (Fsp3) is 1.00. The second-order valence-corrected chi connectivity index (χ2v) is 4.61. The summed E-state index contributed by atoms with van der Waals surface area (Å²) in [6.07, 6.45) is -1.23. The number of fused-ring (bicyclic) bond motifs is 1. The first kappa shape index (κ1) is 11.6. The van der Waals surface area contributed by atoms with E-state index in [1.807, 2.05) is 0 Å². The van der Waals surface area contributed by atoms with E-state index in [2.05, 4.69) is 5.48 Å². The van der Waals surface area contributed by atoms with Crippen LogP contribution in [0, 0.1) is 0 Å². The molecule has 6 nitrogen and oxygen atoms in total. The number of aliphatic hydroxyl groups excluding tert-OH is 3. The zero-order valence-electron chi connectivity index (χ0n) is 8.24. The molecule has 0 spiro atoms. The highest BCUT2D eigenvalue weighted by molar-refractivity contribution is 7.99. The molecule has 88 valence electrons. The summed E-state index contributed by atoms with van der Waals surface area (Å²) >= 11 is 1.32. The van der Waals surface area contributed by atoms with Crippen LogP contribution in [0.1, 0.15) is 0 Å². The van der Waals surface area contributed by atoms with E-state index in [4.69, 9.17) is 14.7 Å². The van der Waals surface area contributed by atoms with Gasteiger partial charge in [0.2, 0.25) is 0 Å². The lowest BCUT2D eigenvalue weighted by Crippen LogP contribution is -2.57. The predicted octanol–water partition coefficient (Wildman–Crippen LogP) is -1.94. The Kier molecular flexibility index (Phi) is 3.51. The van der Waals surface area contributed by atoms with E-state index in [0.717, 1.165) is 0 Å². The number of nitrogens with one attached hydrogen (secondary N) is 1. The molecular formula is C8H15NO5S. The van der Waals surface area contributed by atoms with Gasteiger partial charge in [-0.25, -0.2) is 0 Å². The zero-order valence-corrected chi connectivity index (χ0v) is 9.05. The van der Waals surface area contributed by atoms with Crippen LogP contribution in [0.25, 0.3) is 0 Å². The molecule has 2 unspecified atom stereocenters. The molecule has 4 N–H and O–H groups in total. The van der Waals surface area contributed by atoms with Gasteiger partial charge in [-0.3, -0.25) is 4.84 Å². The minimum absolute atomic E-state index is 0.134. The molecule has 0 aromatic heterocycles. The van der Waals surface area contributed by atoms with Crippen LogP contribution in [-0.4, -0.2) is 64.1 Å². The second-order valence-electron chi connectivity index (χ2n) is 3.68. The van der Waals surface area contributed by atoms with Crippen molar-refractivity contribution in [3.8, 4) is 0 Å². The topological polar surface area (TPSA) is 91.2 Å². The molecule has 0 radical (unpaired) electrons. The van der Waals surface area contributed by atoms with E-state index in [0.29, 0.717) is 0 Å². The van der Waals surface area contributed by atoms with Crippen LogP contribution >= 0.6 is 11.8 Å². The first-order chi connectivity index (χ1) is 7.19. The second kappa shape index (κ2) is 4.54. The molecule has 15 heavy (non-hydrogen) atoms. The van der Waals surface area contributed by atoms with Crippen molar-refractivity contribution < 1.29 is 24.9 Å². The lowest BCUT2D eigenvalue weighted by atomic mass is 9.96. The number of ether oxygens (including phenoxy) is 1. The van der Waals surface area contributed by atoms with E-state index in [1.54, 1.807) is 6.26 Å². The van der Waals surface area contributed by atoms with Crippen molar-refractivity contribution in [2.45, 2.75) is 35.9 Å². The third-order valence-electron chi connectivity index (χ3n) is 2.76. The molecule has 2 rings (SSSR count).